The van der Waals surface area contributed by atoms with Crippen LogP contribution in [-0.4, -0.2) is 17.8 Å². The molecule has 1 atom stereocenters. The highest BCUT2D eigenvalue weighted by Gasteiger charge is 2.08. The maximum atomic E-state index is 9.77. The first-order valence-corrected chi connectivity index (χ1v) is 7.36. The molecule has 3 nitrogen and oxygen atoms in total. The van der Waals surface area contributed by atoms with Gasteiger partial charge in [0.15, 0.2) is 0 Å². The van der Waals surface area contributed by atoms with Crippen LogP contribution in [0.5, 0.6) is 11.5 Å². The fourth-order valence-corrected chi connectivity index (χ4v) is 1.94. The van der Waals surface area contributed by atoms with E-state index in [1.807, 2.05) is 68.4 Å². The first kappa shape index (κ1) is 15.5. The number of aliphatic hydroxyl groups is 1. The second kappa shape index (κ2) is 7.81. The summed E-state index contributed by atoms with van der Waals surface area (Å²) < 4.78 is 5.81. The topological polar surface area (TPSA) is 41.5 Å². The molecular formula is C18H23NO2. The van der Waals surface area contributed by atoms with Gasteiger partial charge in [-0.15, -0.1) is 0 Å². The van der Waals surface area contributed by atoms with Gasteiger partial charge in [-0.2, -0.15) is 0 Å². The number of nitrogens with one attached hydrogen (secondary N) is 1. The largest absolute Gasteiger partial charge is 0.457 e. The first-order valence-electron chi connectivity index (χ1n) is 7.36. The van der Waals surface area contributed by atoms with Gasteiger partial charge in [-0.3, -0.25) is 0 Å². The van der Waals surface area contributed by atoms with E-state index in [0.717, 1.165) is 23.6 Å². The smallest absolute Gasteiger partial charge is 0.127 e. The fraction of sp³-hybridized carbons (Fsp3) is 0.333. The monoisotopic (exact) mass is 285 g/mol. The van der Waals surface area contributed by atoms with Crippen molar-refractivity contribution in [2.75, 3.05) is 6.54 Å². The normalized spacial score (nSPS) is 12.4. The van der Waals surface area contributed by atoms with E-state index < -0.39 is 0 Å². The van der Waals surface area contributed by atoms with Crippen molar-refractivity contribution in [2.45, 2.75) is 26.5 Å². The summed E-state index contributed by atoms with van der Waals surface area (Å²) in [5.41, 5.74) is 1.14. The summed E-state index contributed by atoms with van der Waals surface area (Å²) >= 11 is 0. The Morgan fingerprint density at radius 3 is 2.43 bits per heavy atom. The van der Waals surface area contributed by atoms with Crippen LogP contribution in [0.1, 0.15) is 19.4 Å². The Morgan fingerprint density at radius 2 is 1.71 bits per heavy atom. The third-order valence-corrected chi connectivity index (χ3v) is 3.33. The average molecular weight is 285 g/mol. The van der Waals surface area contributed by atoms with Crippen LogP contribution in [-0.2, 0) is 6.54 Å². The summed E-state index contributed by atoms with van der Waals surface area (Å²) in [6.45, 7) is 5.35. The van der Waals surface area contributed by atoms with E-state index in [1.54, 1.807) is 0 Å². The van der Waals surface area contributed by atoms with Gasteiger partial charge in [0.2, 0.25) is 0 Å². The third-order valence-electron chi connectivity index (χ3n) is 3.33. The number of para-hydroxylation sites is 1. The highest BCUT2D eigenvalue weighted by Crippen LogP contribution is 2.21. The number of hydrogen-bond donors (Lipinski definition) is 2. The Labute approximate surface area is 126 Å². The first-order chi connectivity index (χ1) is 10.1. The van der Waals surface area contributed by atoms with E-state index in [-0.39, 0.29) is 12.0 Å². The number of ether oxygens (including phenoxy) is 1. The molecule has 0 aromatic heterocycles. The fourth-order valence-electron chi connectivity index (χ4n) is 1.94. The van der Waals surface area contributed by atoms with E-state index in [1.165, 1.54) is 0 Å². The zero-order valence-electron chi connectivity index (χ0n) is 12.6. The van der Waals surface area contributed by atoms with Crippen molar-refractivity contribution in [1.82, 2.24) is 5.32 Å². The average Bonchev–Trinajstić information content (AvgIpc) is 2.48. The van der Waals surface area contributed by atoms with Gasteiger partial charge < -0.3 is 15.2 Å². The Hall–Kier alpha value is -1.84. The maximum absolute atomic E-state index is 9.77. The molecule has 1 unspecified atom stereocenters. The van der Waals surface area contributed by atoms with E-state index >= 15 is 0 Å². The molecule has 0 radical (unpaired) electrons. The van der Waals surface area contributed by atoms with Crippen molar-refractivity contribution in [2.24, 2.45) is 5.92 Å². The molecule has 0 heterocycles. The van der Waals surface area contributed by atoms with E-state index in [2.05, 4.69) is 5.32 Å². The van der Waals surface area contributed by atoms with Gasteiger partial charge in [0.25, 0.3) is 0 Å². The quantitative estimate of drug-likeness (QED) is 0.817. The zero-order valence-corrected chi connectivity index (χ0v) is 12.6. The molecule has 2 N–H and O–H groups in total. The molecule has 0 amide bonds. The third kappa shape index (κ3) is 5.21. The van der Waals surface area contributed by atoms with Crippen molar-refractivity contribution in [1.29, 1.82) is 0 Å². The standard InChI is InChI=1S/C18H23NO2/c1-14(2)18(20)13-19-12-15-7-6-10-17(11-15)21-16-8-4-3-5-9-16/h3-11,14,18-20H,12-13H2,1-2H3. The Bertz CT molecular complexity index is 540. The van der Waals surface area contributed by atoms with E-state index in [9.17, 15) is 5.11 Å². The van der Waals surface area contributed by atoms with Gasteiger partial charge in [0, 0.05) is 13.1 Å². The molecule has 0 fully saturated rings. The number of benzene rings is 2. The minimum Gasteiger partial charge on any atom is -0.457 e. The maximum Gasteiger partial charge on any atom is 0.127 e. The lowest BCUT2D eigenvalue weighted by molar-refractivity contribution is 0.123. The van der Waals surface area contributed by atoms with Crippen LogP contribution < -0.4 is 10.1 Å². The van der Waals surface area contributed by atoms with Crippen molar-refractivity contribution in [3.8, 4) is 11.5 Å². The molecule has 112 valence electrons. The summed E-state index contributed by atoms with van der Waals surface area (Å²) in [5.74, 6) is 1.92. The molecule has 0 saturated carbocycles. The van der Waals surface area contributed by atoms with E-state index in [0.29, 0.717) is 6.54 Å². The molecule has 3 heteroatoms. The molecule has 0 saturated heterocycles. The highest BCUT2D eigenvalue weighted by atomic mass is 16.5. The van der Waals surface area contributed by atoms with Crippen LogP contribution in [0.15, 0.2) is 54.6 Å². The second-order valence-electron chi connectivity index (χ2n) is 5.50. The molecule has 0 bridgehead atoms. The van der Waals surface area contributed by atoms with Crippen LogP contribution in [0.4, 0.5) is 0 Å². The lowest BCUT2D eigenvalue weighted by atomic mass is 10.1. The number of rotatable bonds is 7. The Balaban J connectivity index is 1.89. The number of aliphatic hydroxyl groups excluding tert-OH is 1. The van der Waals surface area contributed by atoms with Gasteiger partial charge >= 0.3 is 0 Å². The summed E-state index contributed by atoms with van der Waals surface area (Å²) in [7, 11) is 0. The van der Waals surface area contributed by atoms with Crippen LogP contribution in [0.3, 0.4) is 0 Å². The van der Waals surface area contributed by atoms with Gasteiger partial charge in [-0.25, -0.2) is 0 Å². The molecule has 0 spiro atoms. The minimum absolute atomic E-state index is 0.269. The SMILES string of the molecule is CC(C)C(O)CNCc1cccc(Oc2ccccc2)c1. The van der Waals surface area contributed by atoms with Crippen molar-refractivity contribution >= 4 is 0 Å². The second-order valence-corrected chi connectivity index (χ2v) is 5.50. The summed E-state index contributed by atoms with van der Waals surface area (Å²) in [5, 5.41) is 13.0. The number of hydrogen-bond acceptors (Lipinski definition) is 3. The zero-order chi connectivity index (χ0) is 15.1. The predicted octanol–water partition coefficient (Wildman–Crippen LogP) is 3.59. The van der Waals surface area contributed by atoms with Crippen molar-refractivity contribution in [3.63, 3.8) is 0 Å². The molecule has 0 aliphatic carbocycles. The van der Waals surface area contributed by atoms with Crippen LogP contribution in [0.25, 0.3) is 0 Å². The lowest BCUT2D eigenvalue weighted by Crippen LogP contribution is -2.30. The molecule has 0 aliphatic rings. The predicted molar refractivity (Wildman–Crippen MR) is 85.5 cm³/mol. The van der Waals surface area contributed by atoms with Gasteiger partial charge in [0.05, 0.1) is 6.10 Å². The molecule has 2 aromatic carbocycles. The van der Waals surface area contributed by atoms with Gasteiger partial charge in [-0.1, -0.05) is 44.2 Å². The summed E-state index contributed by atoms with van der Waals surface area (Å²) in [6.07, 6.45) is -0.311. The molecule has 2 aromatic rings. The summed E-state index contributed by atoms with van der Waals surface area (Å²) in [6, 6.07) is 17.7. The van der Waals surface area contributed by atoms with Crippen molar-refractivity contribution in [3.05, 3.63) is 60.2 Å². The molecule has 21 heavy (non-hydrogen) atoms. The van der Waals surface area contributed by atoms with E-state index in [4.69, 9.17) is 4.74 Å². The molecule has 0 aliphatic heterocycles. The lowest BCUT2D eigenvalue weighted by Gasteiger charge is -2.15. The van der Waals surface area contributed by atoms with Gasteiger partial charge in [-0.05, 0) is 35.7 Å². The Morgan fingerprint density at radius 1 is 1.00 bits per heavy atom. The highest BCUT2D eigenvalue weighted by molar-refractivity contribution is 5.33. The van der Waals surface area contributed by atoms with Crippen LogP contribution in [0.2, 0.25) is 0 Å². The molecule has 2 rings (SSSR count). The Kier molecular flexibility index (Phi) is 5.78. The van der Waals surface area contributed by atoms with Gasteiger partial charge in [0.1, 0.15) is 11.5 Å². The van der Waals surface area contributed by atoms with Crippen LogP contribution >= 0.6 is 0 Å². The van der Waals surface area contributed by atoms with Crippen molar-refractivity contribution < 1.29 is 9.84 Å². The summed E-state index contributed by atoms with van der Waals surface area (Å²) in [4.78, 5) is 0. The minimum atomic E-state index is -0.311. The van der Waals surface area contributed by atoms with Crippen LogP contribution in [0, 0.1) is 5.92 Å². The molecular weight excluding hydrogens is 262 g/mol.